The number of halogens is 1. The Labute approximate surface area is 168 Å². The lowest BCUT2D eigenvalue weighted by Crippen LogP contribution is -2.32. The molecule has 4 nitrogen and oxygen atoms in total. The number of rotatable bonds is 6. The number of hydrogen-bond donors (Lipinski definition) is 0. The Hall–Kier alpha value is -2.73. The van der Waals surface area contributed by atoms with Gasteiger partial charge in [-0.2, -0.15) is 0 Å². The number of carbonyl (C=O) groups is 2. The van der Waals surface area contributed by atoms with Crippen LogP contribution in [0.25, 0.3) is 0 Å². The van der Waals surface area contributed by atoms with Crippen molar-refractivity contribution < 1.29 is 14.0 Å². The van der Waals surface area contributed by atoms with Gasteiger partial charge in [-0.15, -0.1) is 6.58 Å². The number of amidine groups is 1. The van der Waals surface area contributed by atoms with Gasteiger partial charge in [0.05, 0.1) is 10.9 Å². The first kappa shape index (κ1) is 20.0. The number of carbonyl (C=O) groups excluding carboxylic acids is 2. The maximum Gasteiger partial charge on any atom is 0.242 e. The molecule has 0 radical (unpaired) electrons. The molecule has 1 saturated heterocycles. The van der Waals surface area contributed by atoms with Crippen LogP contribution in [0.1, 0.15) is 27.9 Å². The van der Waals surface area contributed by atoms with E-state index in [1.165, 1.54) is 28.8 Å². The van der Waals surface area contributed by atoms with Crippen molar-refractivity contribution in [3.05, 3.63) is 77.6 Å². The number of aryl methyl sites for hydroxylation is 2. The lowest BCUT2D eigenvalue weighted by molar-refractivity contribution is -0.125. The topological polar surface area (TPSA) is 49.7 Å². The second-order valence-corrected chi connectivity index (χ2v) is 7.81. The van der Waals surface area contributed by atoms with E-state index in [9.17, 15) is 14.0 Å². The van der Waals surface area contributed by atoms with E-state index in [-0.39, 0.29) is 23.9 Å². The largest absolute Gasteiger partial charge is 0.294 e. The first-order valence-electron chi connectivity index (χ1n) is 8.92. The van der Waals surface area contributed by atoms with Crippen molar-refractivity contribution >= 4 is 34.3 Å². The molecular weight excluding hydrogens is 375 g/mol. The SMILES string of the molecule is C=CCN1C(=O)C(CC(=O)c2ccc(C)c(C)c2)SC1=Nc1ccc(F)cc1. The van der Waals surface area contributed by atoms with E-state index in [0.29, 0.717) is 23.0 Å². The normalized spacial score (nSPS) is 18.0. The molecule has 1 aliphatic rings. The molecule has 0 aromatic heterocycles. The van der Waals surface area contributed by atoms with Gasteiger partial charge in [0, 0.05) is 18.5 Å². The molecule has 1 atom stereocenters. The fourth-order valence-electron chi connectivity index (χ4n) is 2.85. The van der Waals surface area contributed by atoms with Crippen LogP contribution in [0.3, 0.4) is 0 Å². The van der Waals surface area contributed by atoms with Crippen LogP contribution in [0.4, 0.5) is 10.1 Å². The Morgan fingerprint density at radius 2 is 1.93 bits per heavy atom. The number of amides is 1. The quantitative estimate of drug-likeness (QED) is 0.519. The fourth-order valence-corrected chi connectivity index (χ4v) is 4.02. The molecule has 28 heavy (non-hydrogen) atoms. The van der Waals surface area contributed by atoms with Gasteiger partial charge in [0.1, 0.15) is 5.82 Å². The van der Waals surface area contributed by atoms with Gasteiger partial charge >= 0.3 is 0 Å². The van der Waals surface area contributed by atoms with Gasteiger partial charge < -0.3 is 0 Å². The Morgan fingerprint density at radius 3 is 2.57 bits per heavy atom. The van der Waals surface area contributed by atoms with Gasteiger partial charge in [-0.1, -0.05) is 30.0 Å². The fraction of sp³-hybridized carbons (Fsp3) is 0.227. The first-order valence-corrected chi connectivity index (χ1v) is 9.80. The summed E-state index contributed by atoms with van der Waals surface area (Å²) in [6, 6.07) is 11.3. The first-order chi connectivity index (χ1) is 13.4. The molecule has 1 fully saturated rings. The van der Waals surface area contributed by atoms with Crippen LogP contribution < -0.4 is 0 Å². The van der Waals surface area contributed by atoms with Gasteiger partial charge in [-0.3, -0.25) is 14.5 Å². The highest BCUT2D eigenvalue weighted by molar-refractivity contribution is 8.15. The molecule has 144 valence electrons. The third-order valence-corrected chi connectivity index (χ3v) is 5.76. The summed E-state index contributed by atoms with van der Waals surface area (Å²) in [5.74, 6) is -0.586. The molecule has 2 aromatic rings. The number of hydrogen-bond acceptors (Lipinski definition) is 4. The monoisotopic (exact) mass is 396 g/mol. The van der Waals surface area contributed by atoms with Crippen molar-refractivity contribution in [2.75, 3.05) is 6.54 Å². The van der Waals surface area contributed by atoms with Crippen LogP contribution in [-0.2, 0) is 4.79 Å². The predicted molar refractivity (Wildman–Crippen MR) is 112 cm³/mol. The molecule has 1 aliphatic heterocycles. The summed E-state index contributed by atoms with van der Waals surface area (Å²) in [4.78, 5) is 31.5. The van der Waals surface area contributed by atoms with Gasteiger partial charge in [-0.05, 0) is 55.3 Å². The molecule has 6 heteroatoms. The lowest BCUT2D eigenvalue weighted by atomic mass is 10.0. The molecule has 2 aromatic carbocycles. The van der Waals surface area contributed by atoms with E-state index in [0.717, 1.165) is 11.1 Å². The molecule has 1 unspecified atom stereocenters. The second-order valence-electron chi connectivity index (χ2n) is 6.64. The van der Waals surface area contributed by atoms with Crippen molar-refractivity contribution in [3.63, 3.8) is 0 Å². The summed E-state index contributed by atoms with van der Waals surface area (Å²) < 4.78 is 13.1. The molecule has 0 N–H and O–H groups in total. The maximum absolute atomic E-state index is 13.1. The zero-order chi connectivity index (χ0) is 20.3. The molecule has 1 amide bonds. The summed E-state index contributed by atoms with van der Waals surface area (Å²) in [7, 11) is 0. The molecule has 0 spiro atoms. The van der Waals surface area contributed by atoms with E-state index in [4.69, 9.17) is 0 Å². The predicted octanol–water partition coefficient (Wildman–Crippen LogP) is 4.83. The van der Waals surface area contributed by atoms with Crippen LogP contribution in [0.2, 0.25) is 0 Å². The summed E-state index contributed by atoms with van der Waals surface area (Å²) in [5.41, 5.74) is 3.32. The van der Waals surface area contributed by atoms with Gasteiger partial charge in [0.2, 0.25) is 5.91 Å². The minimum absolute atomic E-state index is 0.0736. The van der Waals surface area contributed by atoms with Crippen LogP contribution in [-0.4, -0.2) is 33.6 Å². The van der Waals surface area contributed by atoms with Crippen molar-refractivity contribution in [2.45, 2.75) is 25.5 Å². The molecule has 0 aliphatic carbocycles. The van der Waals surface area contributed by atoms with E-state index in [1.807, 2.05) is 26.0 Å². The molecule has 1 heterocycles. The van der Waals surface area contributed by atoms with Crippen LogP contribution >= 0.6 is 11.8 Å². The standard InChI is InChI=1S/C22H21FN2O2S/c1-4-11-25-21(27)20(13-19(26)16-6-5-14(2)15(3)12-16)28-22(25)24-18-9-7-17(23)8-10-18/h4-10,12,20H,1,11,13H2,2-3H3. The number of ketones is 1. The Balaban J connectivity index is 1.81. The minimum atomic E-state index is -0.534. The van der Waals surface area contributed by atoms with E-state index >= 15 is 0 Å². The zero-order valence-corrected chi connectivity index (χ0v) is 16.6. The number of nitrogens with zero attached hydrogens (tertiary/aromatic N) is 2. The van der Waals surface area contributed by atoms with Crippen LogP contribution in [0.5, 0.6) is 0 Å². The number of Topliss-reactive ketones (excluding diaryl/α,β-unsaturated/α-hetero) is 1. The third-order valence-electron chi connectivity index (χ3n) is 4.58. The highest BCUT2D eigenvalue weighted by Gasteiger charge is 2.38. The Morgan fingerprint density at radius 1 is 1.21 bits per heavy atom. The lowest BCUT2D eigenvalue weighted by Gasteiger charge is -2.13. The van der Waals surface area contributed by atoms with Crippen LogP contribution in [0.15, 0.2) is 60.1 Å². The van der Waals surface area contributed by atoms with Crippen LogP contribution in [0, 0.1) is 19.7 Å². The average molecular weight is 396 g/mol. The van der Waals surface area contributed by atoms with Crippen molar-refractivity contribution in [1.29, 1.82) is 0 Å². The summed E-state index contributed by atoms with van der Waals surface area (Å²) in [5, 5.41) is -0.0392. The van der Waals surface area contributed by atoms with Gasteiger partial charge in [-0.25, -0.2) is 9.38 Å². The highest BCUT2D eigenvalue weighted by atomic mass is 32.2. The number of thioether (sulfide) groups is 1. The zero-order valence-electron chi connectivity index (χ0n) is 15.8. The molecular formula is C22H21FN2O2S. The maximum atomic E-state index is 13.1. The van der Waals surface area contributed by atoms with E-state index in [2.05, 4.69) is 11.6 Å². The smallest absolute Gasteiger partial charge is 0.242 e. The van der Waals surface area contributed by atoms with Crippen molar-refractivity contribution in [1.82, 2.24) is 4.90 Å². The Kier molecular flexibility index (Phi) is 6.09. The molecule has 3 rings (SSSR count). The average Bonchev–Trinajstić information content (AvgIpc) is 2.95. The highest BCUT2D eigenvalue weighted by Crippen LogP contribution is 2.32. The van der Waals surface area contributed by atoms with E-state index < -0.39 is 5.25 Å². The van der Waals surface area contributed by atoms with Crippen molar-refractivity contribution in [3.8, 4) is 0 Å². The molecule has 0 saturated carbocycles. The molecule has 0 bridgehead atoms. The van der Waals surface area contributed by atoms with Gasteiger partial charge in [0.25, 0.3) is 0 Å². The second kappa shape index (κ2) is 8.52. The van der Waals surface area contributed by atoms with Crippen molar-refractivity contribution in [2.24, 2.45) is 4.99 Å². The third kappa shape index (κ3) is 4.39. The number of benzene rings is 2. The summed E-state index contributed by atoms with van der Waals surface area (Å²) in [6.45, 7) is 7.94. The van der Waals surface area contributed by atoms with E-state index in [1.54, 1.807) is 24.3 Å². The Bertz CT molecular complexity index is 954. The number of aliphatic imine (C=N–C) groups is 1. The summed E-state index contributed by atoms with van der Waals surface area (Å²) >= 11 is 1.26. The minimum Gasteiger partial charge on any atom is -0.294 e. The van der Waals surface area contributed by atoms with Gasteiger partial charge in [0.15, 0.2) is 11.0 Å². The summed E-state index contributed by atoms with van der Waals surface area (Å²) in [6.07, 6.45) is 1.72.